The minimum absolute atomic E-state index is 0.347. The Hall–Kier alpha value is -0.380. The predicted molar refractivity (Wildman–Crippen MR) is 96.7 cm³/mol. The van der Waals surface area contributed by atoms with E-state index in [1.165, 1.54) is 29.3 Å². The van der Waals surface area contributed by atoms with Crippen molar-refractivity contribution in [3.8, 4) is 0 Å². The summed E-state index contributed by atoms with van der Waals surface area (Å²) in [5.41, 5.74) is 1.71. The van der Waals surface area contributed by atoms with Crippen LogP contribution >= 0.6 is 15.9 Å². The molecule has 0 aromatic heterocycles. The Kier molecular flexibility index (Phi) is 8.53. The van der Waals surface area contributed by atoms with Crippen molar-refractivity contribution >= 4 is 15.9 Å². The fraction of sp³-hybridized carbons (Fsp3) is 0.667. The zero-order chi connectivity index (χ0) is 15.7. The predicted octanol–water partition coefficient (Wildman–Crippen LogP) is 4.69. The second kappa shape index (κ2) is 9.60. The van der Waals surface area contributed by atoms with Crippen LogP contribution in [-0.4, -0.2) is 31.6 Å². The van der Waals surface area contributed by atoms with Gasteiger partial charge in [-0.1, -0.05) is 61.3 Å². The zero-order valence-corrected chi connectivity index (χ0v) is 15.7. The molecule has 1 atom stereocenters. The molecule has 0 saturated heterocycles. The number of nitrogens with zero attached hydrogens (tertiary/aromatic N) is 1. The van der Waals surface area contributed by atoms with E-state index in [1.54, 1.807) is 0 Å². The molecule has 1 aromatic carbocycles. The molecule has 0 bridgehead atoms. The third kappa shape index (κ3) is 6.94. The van der Waals surface area contributed by atoms with E-state index in [2.05, 4.69) is 78.2 Å². The minimum Gasteiger partial charge on any atom is -0.316 e. The maximum absolute atomic E-state index is 3.65. The molecule has 0 saturated carbocycles. The molecule has 21 heavy (non-hydrogen) atoms. The Balaban J connectivity index is 2.59. The minimum atomic E-state index is 0.347. The van der Waals surface area contributed by atoms with Gasteiger partial charge in [0.05, 0.1) is 0 Å². The molecule has 1 rings (SSSR count). The first-order valence-electron chi connectivity index (χ1n) is 8.13. The molecule has 3 heteroatoms. The molecule has 0 fully saturated rings. The van der Waals surface area contributed by atoms with Crippen LogP contribution in [0.4, 0.5) is 0 Å². The Bertz CT molecular complexity index is 408. The summed E-state index contributed by atoms with van der Waals surface area (Å²) in [6.07, 6.45) is 3.71. The number of hydrogen-bond donors (Lipinski definition) is 1. The van der Waals surface area contributed by atoms with E-state index in [1.807, 2.05) is 0 Å². The zero-order valence-electron chi connectivity index (χ0n) is 14.1. The van der Waals surface area contributed by atoms with Crippen LogP contribution in [-0.2, 0) is 6.54 Å². The molecule has 0 aliphatic carbocycles. The first-order chi connectivity index (χ1) is 10.0. The van der Waals surface area contributed by atoms with Gasteiger partial charge in [-0.15, -0.1) is 0 Å². The summed E-state index contributed by atoms with van der Waals surface area (Å²) in [7, 11) is 2.23. The normalized spacial score (nSPS) is 14.4. The van der Waals surface area contributed by atoms with Crippen molar-refractivity contribution in [2.24, 2.45) is 5.41 Å². The van der Waals surface area contributed by atoms with Gasteiger partial charge >= 0.3 is 0 Å². The lowest BCUT2D eigenvalue weighted by molar-refractivity contribution is 0.168. The molecule has 1 unspecified atom stereocenters. The number of halogens is 1. The summed E-state index contributed by atoms with van der Waals surface area (Å²) in [6.45, 7) is 11.3. The van der Waals surface area contributed by atoms with Crippen LogP contribution in [0.3, 0.4) is 0 Å². The third-order valence-electron chi connectivity index (χ3n) is 3.88. The van der Waals surface area contributed by atoms with Gasteiger partial charge in [-0.2, -0.15) is 0 Å². The summed E-state index contributed by atoms with van der Waals surface area (Å²) in [5, 5.41) is 3.61. The van der Waals surface area contributed by atoms with Crippen LogP contribution in [0.2, 0.25) is 0 Å². The maximum Gasteiger partial charge on any atom is 0.0242 e. The smallest absolute Gasteiger partial charge is 0.0242 e. The fourth-order valence-electron chi connectivity index (χ4n) is 3.02. The average Bonchev–Trinajstić information content (AvgIpc) is 2.41. The van der Waals surface area contributed by atoms with Gasteiger partial charge in [0.15, 0.2) is 0 Å². The summed E-state index contributed by atoms with van der Waals surface area (Å²) in [4.78, 5) is 2.45. The van der Waals surface area contributed by atoms with E-state index < -0.39 is 0 Å². The van der Waals surface area contributed by atoms with Crippen molar-refractivity contribution in [1.82, 2.24) is 10.2 Å². The Morgan fingerprint density at radius 1 is 1.19 bits per heavy atom. The largest absolute Gasteiger partial charge is 0.316 e. The summed E-state index contributed by atoms with van der Waals surface area (Å²) < 4.78 is 1.21. The van der Waals surface area contributed by atoms with Gasteiger partial charge in [-0.25, -0.2) is 0 Å². The third-order valence-corrected chi connectivity index (χ3v) is 4.66. The second-order valence-electron chi connectivity index (χ2n) is 6.50. The number of rotatable bonds is 10. The van der Waals surface area contributed by atoms with Crippen LogP contribution in [0.25, 0.3) is 0 Å². The highest BCUT2D eigenvalue weighted by Gasteiger charge is 2.24. The maximum atomic E-state index is 3.65. The first-order valence-corrected chi connectivity index (χ1v) is 8.92. The molecule has 0 aliphatic rings. The van der Waals surface area contributed by atoms with Gasteiger partial charge in [-0.3, -0.25) is 0 Å². The van der Waals surface area contributed by atoms with E-state index in [0.29, 0.717) is 5.41 Å². The highest BCUT2D eigenvalue weighted by atomic mass is 79.9. The van der Waals surface area contributed by atoms with Crippen LogP contribution < -0.4 is 5.32 Å². The van der Waals surface area contributed by atoms with Crippen LogP contribution in [0.15, 0.2) is 28.7 Å². The molecule has 0 heterocycles. The monoisotopic (exact) mass is 354 g/mol. The standard InChI is InChI=1S/C18H31BrN2/c1-5-11-18(3,14-20-12-6-2)15-21(4)13-16-9-7-8-10-17(16)19/h7-10,20H,5-6,11-15H2,1-4H3. The van der Waals surface area contributed by atoms with Gasteiger partial charge in [0.25, 0.3) is 0 Å². The van der Waals surface area contributed by atoms with Gasteiger partial charge in [0.1, 0.15) is 0 Å². The van der Waals surface area contributed by atoms with Gasteiger partial charge in [0.2, 0.25) is 0 Å². The van der Waals surface area contributed by atoms with Crippen LogP contribution in [0, 0.1) is 5.41 Å². The number of hydrogen-bond acceptors (Lipinski definition) is 2. The molecule has 0 radical (unpaired) electrons. The fourth-order valence-corrected chi connectivity index (χ4v) is 3.43. The van der Waals surface area contributed by atoms with E-state index >= 15 is 0 Å². The number of benzene rings is 1. The van der Waals surface area contributed by atoms with Gasteiger partial charge in [0, 0.05) is 24.1 Å². The van der Waals surface area contributed by atoms with Crippen molar-refractivity contribution in [1.29, 1.82) is 0 Å². The highest BCUT2D eigenvalue weighted by Crippen LogP contribution is 2.25. The van der Waals surface area contributed by atoms with E-state index in [9.17, 15) is 0 Å². The molecule has 0 amide bonds. The molecule has 120 valence electrons. The van der Waals surface area contributed by atoms with E-state index in [-0.39, 0.29) is 0 Å². The lowest BCUT2D eigenvalue weighted by atomic mass is 9.84. The second-order valence-corrected chi connectivity index (χ2v) is 7.36. The van der Waals surface area contributed by atoms with Crippen molar-refractivity contribution in [3.63, 3.8) is 0 Å². The topological polar surface area (TPSA) is 15.3 Å². The molecule has 2 nitrogen and oxygen atoms in total. The molecule has 0 aliphatic heterocycles. The Labute approximate surface area is 139 Å². The highest BCUT2D eigenvalue weighted by molar-refractivity contribution is 9.10. The SMILES string of the molecule is CCCNCC(C)(CCC)CN(C)Cc1ccccc1Br. The van der Waals surface area contributed by atoms with Crippen molar-refractivity contribution in [2.45, 2.75) is 46.6 Å². The molecular weight excluding hydrogens is 324 g/mol. The van der Waals surface area contributed by atoms with Gasteiger partial charge < -0.3 is 10.2 Å². The molecule has 1 aromatic rings. The first kappa shape index (κ1) is 18.7. The van der Waals surface area contributed by atoms with Crippen molar-refractivity contribution in [3.05, 3.63) is 34.3 Å². The van der Waals surface area contributed by atoms with E-state index in [0.717, 1.165) is 26.2 Å². The number of nitrogens with one attached hydrogen (secondary N) is 1. The Morgan fingerprint density at radius 2 is 1.90 bits per heavy atom. The lowest BCUT2D eigenvalue weighted by Gasteiger charge is -2.34. The molecule has 0 spiro atoms. The van der Waals surface area contributed by atoms with Crippen LogP contribution in [0.1, 0.15) is 45.6 Å². The quantitative estimate of drug-likeness (QED) is 0.613. The van der Waals surface area contributed by atoms with Gasteiger partial charge in [-0.05, 0) is 43.5 Å². The Morgan fingerprint density at radius 3 is 2.52 bits per heavy atom. The van der Waals surface area contributed by atoms with Crippen molar-refractivity contribution in [2.75, 3.05) is 26.7 Å². The van der Waals surface area contributed by atoms with E-state index in [4.69, 9.17) is 0 Å². The average molecular weight is 355 g/mol. The van der Waals surface area contributed by atoms with Crippen molar-refractivity contribution < 1.29 is 0 Å². The summed E-state index contributed by atoms with van der Waals surface area (Å²) in [6, 6.07) is 8.51. The van der Waals surface area contributed by atoms with Crippen LogP contribution in [0.5, 0.6) is 0 Å². The lowest BCUT2D eigenvalue weighted by Crippen LogP contribution is -2.41. The summed E-state index contributed by atoms with van der Waals surface area (Å²) in [5.74, 6) is 0. The molecule has 1 N–H and O–H groups in total. The molecular formula is C18H31BrN2. The summed E-state index contributed by atoms with van der Waals surface area (Å²) >= 11 is 3.65.